The molecule has 2 rings (SSSR count). The Morgan fingerprint density at radius 1 is 1.63 bits per heavy atom. The molecule has 0 spiro atoms. The molecule has 1 heterocycles. The van der Waals surface area contributed by atoms with Crippen molar-refractivity contribution in [3.8, 4) is 0 Å². The highest BCUT2D eigenvalue weighted by molar-refractivity contribution is 9.10. The lowest BCUT2D eigenvalue weighted by molar-refractivity contribution is -0.125. The molecular formula is C14H20BrN3O. The van der Waals surface area contributed by atoms with Crippen molar-refractivity contribution in [1.82, 2.24) is 5.32 Å². The molecule has 19 heavy (non-hydrogen) atoms. The second-order valence-corrected chi connectivity index (χ2v) is 5.95. The monoisotopic (exact) mass is 325 g/mol. The molecule has 1 aromatic carbocycles. The van der Waals surface area contributed by atoms with Gasteiger partial charge < -0.3 is 16.4 Å². The molecule has 0 radical (unpaired) electrons. The lowest BCUT2D eigenvalue weighted by atomic mass is 9.76. The minimum atomic E-state index is -0.652. The molecule has 4 nitrogen and oxygen atoms in total. The van der Waals surface area contributed by atoms with Gasteiger partial charge in [-0.3, -0.25) is 4.79 Å². The molecule has 2 unspecified atom stereocenters. The molecule has 104 valence electrons. The van der Waals surface area contributed by atoms with Gasteiger partial charge in [0, 0.05) is 22.6 Å². The molecule has 1 aliphatic rings. The quantitative estimate of drug-likeness (QED) is 0.794. The van der Waals surface area contributed by atoms with Crippen LogP contribution in [0.4, 0.5) is 5.69 Å². The Kier molecular flexibility index (Phi) is 4.47. The Balaban J connectivity index is 2.31. The van der Waals surface area contributed by atoms with Crippen LogP contribution in [0, 0.1) is 5.92 Å². The zero-order chi connectivity index (χ0) is 13.9. The van der Waals surface area contributed by atoms with Crippen LogP contribution in [-0.2, 0) is 4.79 Å². The van der Waals surface area contributed by atoms with Crippen molar-refractivity contribution in [3.63, 3.8) is 0 Å². The Bertz CT molecular complexity index is 466. The molecular weight excluding hydrogens is 306 g/mol. The maximum absolute atomic E-state index is 12.1. The fourth-order valence-electron chi connectivity index (χ4n) is 2.81. The predicted molar refractivity (Wildman–Crippen MR) is 81.0 cm³/mol. The minimum Gasteiger partial charge on any atom is -0.371 e. The predicted octanol–water partition coefficient (Wildman–Crippen LogP) is 2.10. The van der Waals surface area contributed by atoms with Crippen LogP contribution >= 0.6 is 15.9 Å². The van der Waals surface area contributed by atoms with Crippen LogP contribution in [0.3, 0.4) is 0 Å². The molecule has 0 aromatic heterocycles. The van der Waals surface area contributed by atoms with Crippen molar-refractivity contribution in [2.45, 2.75) is 25.3 Å². The number of amides is 1. The summed E-state index contributed by atoms with van der Waals surface area (Å²) in [4.78, 5) is 12.1. The number of anilines is 1. The molecule has 2 atom stereocenters. The van der Waals surface area contributed by atoms with Crippen molar-refractivity contribution in [2.75, 3.05) is 18.4 Å². The second kappa shape index (κ2) is 5.92. The molecule has 1 aliphatic heterocycles. The number of benzene rings is 1. The third-order valence-corrected chi connectivity index (χ3v) is 4.40. The fraction of sp³-hybridized carbons (Fsp3) is 0.500. The van der Waals surface area contributed by atoms with E-state index in [1.165, 1.54) is 0 Å². The Labute approximate surface area is 122 Å². The van der Waals surface area contributed by atoms with E-state index in [1.54, 1.807) is 0 Å². The van der Waals surface area contributed by atoms with Crippen molar-refractivity contribution >= 4 is 27.5 Å². The van der Waals surface area contributed by atoms with E-state index in [-0.39, 0.29) is 11.8 Å². The van der Waals surface area contributed by atoms with E-state index in [9.17, 15) is 4.79 Å². The van der Waals surface area contributed by atoms with Gasteiger partial charge in [0.15, 0.2) is 0 Å². The first-order valence-electron chi connectivity index (χ1n) is 6.63. The standard InChI is InChI=1S/C14H20BrN3O/c1-2-10-9-17-7-6-14(10,13(16)19)18-12-5-3-4-11(15)8-12/h3-5,8,10,17-18H,2,6-7,9H2,1H3,(H2,16,19). The first kappa shape index (κ1) is 14.3. The second-order valence-electron chi connectivity index (χ2n) is 5.03. The number of halogens is 1. The summed E-state index contributed by atoms with van der Waals surface area (Å²) in [5, 5.41) is 6.73. The zero-order valence-corrected chi connectivity index (χ0v) is 12.7. The summed E-state index contributed by atoms with van der Waals surface area (Å²) in [6.07, 6.45) is 1.63. The average molecular weight is 326 g/mol. The number of nitrogens with one attached hydrogen (secondary N) is 2. The van der Waals surface area contributed by atoms with Crippen molar-refractivity contribution in [1.29, 1.82) is 0 Å². The number of primary amides is 1. The maximum Gasteiger partial charge on any atom is 0.243 e. The van der Waals surface area contributed by atoms with Crippen molar-refractivity contribution < 1.29 is 4.79 Å². The molecule has 1 saturated heterocycles. The smallest absolute Gasteiger partial charge is 0.243 e. The molecule has 4 N–H and O–H groups in total. The Morgan fingerprint density at radius 3 is 3.05 bits per heavy atom. The van der Waals surface area contributed by atoms with Crippen LogP contribution in [0.25, 0.3) is 0 Å². The molecule has 1 aromatic rings. The van der Waals surface area contributed by atoms with Gasteiger partial charge >= 0.3 is 0 Å². The Hall–Kier alpha value is -1.07. The lowest BCUT2D eigenvalue weighted by Crippen LogP contribution is -2.62. The van der Waals surface area contributed by atoms with Crippen LogP contribution < -0.4 is 16.4 Å². The van der Waals surface area contributed by atoms with E-state index in [2.05, 4.69) is 33.5 Å². The van der Waals surface area contributed by atoms with Crippen molar-refractivity contribution in [2.24, 2.45) is 11.7 Å². The van der Waals surface area contributed by atoms with Gasteiger partial charge in [0.05, 0.1) is 0 Å². The summed E-state index contributed by atoms with van der Waals surface area (Å²) in [6.45, 7) is 3.72. The number of hydrogen-bond acceptors (Lipinski definition) is 3. The maximum atomic E-state index is 12.1. The number of carbonyl (C=O) groups excluding carboxylic acids is 1. The summed E-state index contributed by atoms with van der Waals surface area (Å²) in [5.41, 5.74) is 5.99. The lowest BCUT2D eigenvalue weighted by Gasteiger charge is -2.43. The van der Waals surface area contributed by atoms with Gasteiger partial charge in [0.2, 0.25) is 5.91 Å². The average Bonchev–Trinajstić information content (AvgIpc) is 2.39. The van der Waals surface area contributed by atoms with Gasteiger partial charge in [-0.1, -0.05) is 28.9 Å². The molecule has 5 heteroatoms. The topological polar surface area (TPSA) is 67.2 Å². The highest BCUT2D eigenvalue weighted by Crippen LogP contribution is 2.31. The summed E-state index contributed by atoms with van der Waals surface area (Å²) in [7, 11) is 0. The van der Waals surface area contributed by atoms with E-state index >= 15 is 0 Å². The zero-order valence-electron chi connectivity index (χ0n) is 11.1. The van der Waals surface area contributed by atoms with E-state index in [4.69, 9.17) is 5.73 Å². The highest BCUT2D eigenvalue weighted by Gasteiger charge is 2.44. The van der Waals surface area contributed by atoms with Crippen LogP contribution in [0.15, 0.2) is 28.7 Å². The molecule has 1 fully saturated rings. The van der Waals surface area contributed by atoms with Gasteiger partial charge in [-0.25, -0.2) is 0 Å². The SMILES string of the molecule is CCC1CNCCC1(Nc1cccc(Br)c1)C(N)=O. The van der Waals surface area contributed by atoms with Crippen LogP contribution in [-0.4, -0.2) is 24.5 Å². The number of hydrogen-bond donors (Lipinski definition) is 3. The van der Waals surface area contributed by atoms with Crippen LogP contribution in [0.1, 0.15) is 19.8 Å². The number of carbonyl (C=O) groups is 1. The van der Waals surface area contributed by atoms with Gasteiger partial charge in [0.1, 0.15) is 5.54 Å². The number of nitrogens with two attached hydrogens (primary N) is 1. The van der Waals surface area contributed by atoms with Gasteiger partial charge in [-0.15, -0.1) is 0 Å². The molecule has 1 amide bonds. The van der Waals surface area contributed by atoms with Crippen molar-refractivity contribution in [3.05, 3.63) is 28.7 Å². The van der Waals surface area contributed by atoms with E-state index in [0.717, 1.165) is 29.7 Å². The fourth-order valence-corrected chi connectivity index (χ4v) is 3.21. The van der Waals surface area contributed by atoms with Gasteiger partial charge in [-0.2, -0.15) is 0 Å². The molecule has 0 aliphatic carbocycles. The number of rotatable bonds is 4. The normalized spacial score (nSPS) is 26.9. The van der Waals surface area contributed by atoms with Gasteiger partial charge in [0.25, 0.3) is 0 Å². The molecule has 0 bridgehead atoms. The van der Waals surface area contributed by atoms with E-state index in [0.29, 0.717) is 6.42 Å². The van der Waals surface area contributed by atoms with E-state index < -0.39 is 5.54 Å². The third kappa shape index (κ3) is 2.92. The Morgan fingerprint density at radius 2 is 2.42 bits per heavy atom. The first-order valence-corrected chi connectivity index (χ1v) is 7.42. The summed E-state index contributed by atoms with van der Waals surface area (Å²) < 4.78 is 0.985. The summed E-state index contributed by atoms with van der Waals surface area (Å²) in [6, 6.07) is 7.84. The van der Waals surface area contributed by atoms with E-state index in [1.807, 2.05) is 24.3 Å². The largest absolute Gasteiger partial charge is 0.371 e. The van der Waals surface area contributed by atoms with Crippen LogP contribution in [0.2, 0.25) is 0 Å². The number of piperidine rings is 1. The summed E-state index contributed by atoms with van der Waals surface area (Å²) >= 11 is 3.45. The minimum absolute atomic E-state index is 0.206. The van der Waals surface area contributed by atoms with Gasteiger partial charge in [-0.05, 0) is 37.6 Å². The highest BCUT2D eigenvalue weighted by atomic mass is 79.9. The third-order valence-electron chi connectivity index (χ3n) is 3.91. The first-order chi connectivity index (χ1) is 9.08. The van der Waals surface area contributed by atoms with Crippen LogP contribution in [0.5, 0.6) is 0 Å². The molecule has 0 saturated carbocycles. The summed E-state index contributed by atoms with van der Waals surface area (Å²) in [5.74, 6) is -0.0569.